The van der Waals surface area contributed by atoms with Gasteiger partial charge in [0.05, 0.1) is 26.2 Å². The molecule has 1 amide bonds. The third kappa shape index (κ3) is 4.00. The Morgan fingerprint density at radius 1 is 1.21 bits per heavy atom. The molecule has 0 atom stereocenters. The lowest BCUT2D eigenvalue weighted by Crippen LogP contribution is -2.21. The van der Waals surface area contributed by atoms with E-state index < -0.39 is 10.8 Å². The molecular formula is C19H15Cl2N3O4. The van der Waals surface area contributed by atoms with Crippen molar-refractivity contribution in [2.45, 2.75) is 13.8 Å². The maximum atomic E-state index is 12.3. The molecule has 28 heavy (non-hydrogen) atoms. The summed E-state index contributed by atoms with van der Waals surface area (Å²) in [6.07, 6.45) is 0. The third-order valence-corrected chi connectivity index (χ3v) is 4.69. The van der Waals surface area contributed by atoms with Gasteiger partial charge in [0.25, 0.3) is 11.6 Å². The molecule has 0 bridgehead atoms. The molecule has 0 aliphatic rings. The van der Waals surface area contributed by atoms with Crippen molar-refractivity contribution in [1.82, 2.24) is 4.98 Å². The Bertz CT molecular complexity index is 1100. The van der Waals surface area contributed by atoms with E-state index in [4.69, 9.17) is 27.9 Å². The topological polar surface area (TPSA) is 94.4 Å². The van der Waals surface area contributed by atoms with Gasteiger partial charge in [-0.2, -0.15) is 0 Å². The first-order valence-corrected chi connectivity index (χ1v) is 8.95. The van der Waals surface area contributed by atoms with Gasteiger partial charge in [0, 0.05) is 17.1 Å². The minimum atomic E-state index is -0.505. The van der Waals surface area contributed by atoms with Crippen molar-refractivity contribution in [3.8, 4) is 5.75 Å². The summed E-state index contributed by atoms with van der Waals surface area (Å²) in [5.74, 6) is -0.244. The lowest BCUT2D eigenvalue weighted by atomic mass is 10.1. The fourth-order valence-corrected chi connectivity index (χ4v) is 3.28. The van der Waals surface area contributed by atoms with Crippen molar-refractivity contribution in [1.29, 1.82) is 0 Å². The largest absolute Gasteiger partial charge is 0.480 e. The van der Waals surface area contributed by atoms with Crippen LogP contribution < -0.4 is 10.1 Å². The number of pyridine rings is 1. The van der Waals surface area contributed by atoms with Gasteiger partial charge in [-0.1, -0.05) is 29.3 Å². The van der Waals surface area contributed by atoms with Crippen LogP contribution in [0.5, 0.6) is 5.75 Å². The molecule has 1 aromatic heterocycles. The lowest BCUT2D eigenvalue weighted by Gasteiger charge is -2.13. The number of anilines is 1. The molecule has 1 heterocycles. The molecule has 0 saturated heterocycles. The number of amides is 1. The summed E-state index contributed by atoms with van der Waals surface area (Å²) >= 11 is 12.4. The molecule has 3 aromatic rings. The van der Waals surface area contributed by atoms with Crippen LogP contribution in [0.4, 0.5) is 11.4 Å². The number of hydrogen-bond donors (Lipinski definition) is 1. The molecule has 0 radical (unpaired) electrons. The van der Waals surface area contributed by atoms with Gasteiger partial charge in [0.1, 0.15) is 5.52 Å². The van der Waals surface area contributed by atoms with Crippen molar-refractivity contribution in [2.24, 2.45) is 0 Å². The standard InChI is InChI=1S/C19H15Cl2N3O4/c1-10-6-7-12-13(20)8-14(21)19(18(12)22-10)28-9-17(25)23-15-4-3-5-16(11(15)2)24(26)27/h3-8H,9H2,1-2H3,(H,23,25). The highest BCUT2D eigenvalue weighted by molar-refractivity contribution is 6.39. The summed E-state index contributed by atoms with van der Waals surface area (Å²) < 4.78 is 5.61. The van der Waals surface area contributed by atoms with Gasteiger partial charge in [-0.25, -0.2) is 4.98 Å². The zero-order chi connectivity index (χ0) is 20.4. The Morgan fingerprint density at radius 2 is 1.96 bits per heavy atom. The predicted molar refractivity (Wildman–Crippen MR) is 108 cm³/mol. The average molecular weight is 420 g/mol. The summed E-state index contributed by atoms with van der Waals surface area (Å²) in [6, 6.07) is 9.59. The van der Waals surface area contributed by atoms with E-state index in [1.54, 1.807) is 19.1 Å². The molecule has 144 valence electrons. The van der Waals surface area contributed by atoms with E-state index in [9.17, 15) is 14.9 Å². The summed E-state index contributed by atoms with van der Waals surface area (Å²) in [7, 11) is 0. The van der Waals surface area contributed by atoms with Crippen molar-refractivity contribution < 1.29 is 14.5 Å². The van der Waals surface area contributed by atoms with Gasteiger partial charge in [0.2, 0.25) is 0 Å². The van der Waals surface area contributed by atoms with E-state index in [0.29, 0.717) is 27.2 Å². The number of benzene rings is 2. The predicted octanol–water partition coefficient (Wildman–Crippen LogP) is 5.08. The van der Waals surface area contributed by atoms with Crippen LogP contribution in [0.2, 0.25) is 10.0 Å². The van der Waals surface area contributed by atoms with Crippen molar-refractivity contribution >= 4 is 51.4 Å². The SMILES string of the molecule is Cc1ccc2c(Cl)cc(Cl)c(OCC(=O)Nc3cccc([N+](=O)[O-])c3C)c2n1. The number of ether oxygens (including phenoxy) is 1. The number of rotatable bonds is 5. The molecule has 0 saturated carbocycles. The quantitative estimate of drug-likeness (QED) is 0.459. The van der Waals surface area contributed by atoms with Crippen LogP contribution in [-0.4, -0.2) is 22.4 Å². The van der Waals surface area contributed by atoms with E-state index in [2.05, 4.69) is 10.3 Å². The van der Waals surface area contributed by atoms with Crippen LogP contribution >= 0.6 is 23.2 Å². The highest BCUT2D eigenvalue weighted by Gasteiger charge is 2.17. The number of nitro benzene ring substituents is 1. The minimum Gasteiger partial charge on any atom is -0.480 e. The highest BCUT2D eigenvalue weighted by atomic mass is 35.5. The second-order valence-electron chi connectivity index (χ2n) is 6.06. The minimum absolute atomic E-state index is 0.0786. The van der Waals surface area contributed by atoms with Crippen LogP contribution in [-0.2, 0) is 4.79 Å². The van der Waals surface area contributed by atoms with Crippen molar-refractivity contribution in [2.75, 3.05) is 11.9 Å². The molecule has 0 unspecified atom stereocenters. The smallest absolute Gasteiger partial charge is 0.274 e. The van der Waals surface area contributed by atoms with E-state index in [1.807, 2.05) is 13.0 Å². The van der Waals surface area contributed by atoms with Crippen molar-refractivity contribution in [3.63, 3.8) is 0 Å². The molecule has 0 spiro atoms. The number of fused-ring (bicyclic) bond motifs is 1. The van der Waals surface area contributed by atoms with Crippen LogP contribution in [0.3, 0.4) is 0 Å². The number of hydrogen-bond acceptors (Lipinski definition) is 5. The number of nitrogens with one attached hydrogen (secondary N) is 1. The van der Waals surface area contributed by atoms with Crippen molar-refractivity contribution in [3.05, 3.63) is 67.8 Å². The Morgan fingerprint density at radius 3 is 2.68 bits per heavy atom. The fourth-order valence-electron chi connectivity index (χ4n) is 2.71. The second kappa shape index (κ2) is 8.00. The first kappa shape index (κ1) is 19.9. The molecule has 3 rings (SSSR count). The maximum Gasteiger partial charge on any atom is 0.274 e. The highest BCUT2D eigenvalue weighted by Crippen LogP contribution is 2.37. The van der Waals surface area contributed by atoms with Gasteiger partial charge in [-0.3, -0.25) is 14.9 Å². The first-order chi connectivity index (χ1) is 13.3. The molecule has 0 aliphatic carbocycles. The number of carbonyl (C=O) groups is 1. The van der Waals surface area contributed by atoms with Gasteiger partial charge in [0.15, 0.2) is 12.4 Å². The number of aromatic nitrogens is 1. The van der Waals surface area contributed by atoms with Crippen LogP contribution in [0.25, 0.3) is 10.9 Å². The van der Waals surface area contributed by atoms with Gasteiger partial charge < -0.3 is 10.1 Å². The number of halogens is 2. The lowest BCUT2D eigenvalue weighted by molar-refractivity contribution is -0.385. The Balaban J connectivity index is 1.82. The molecule has 2 aromatic carbocycles. The summed E-state index contributed by atoms with van der Waals surface area (Å²) in [5.41, 5.74) is 1.81. The molecule has 0 fully saturated rings. The summed E-state index contributed by atoms with van der Waals surface area (Å²) in [5, 5.41) is 14.9. The van der Waals surface area contributed by atoms with E-state index in [1.165, 1.54) is 18.2 Å². The molecule has 1 N–H and O–H groups in total. The van der Waals surface area contributed by atoms with E-state index in [0.717, 1.165) is 5.69 Å². The molecule has 0 aliphatic heterocycles. The van der Waals surface area contributed by atoms with E-state index >= 15 is 0 Å². The molecule has 7 nitrogen and oxygen atoms in total. The zero-order valence-electron chi connectivity index (χ0n) is 15.0. The van der Waals surface area contributed by atoms with Crippen LogP contribution in [0, 0.1) is 24.0 Å². The Labute approximate surface area is 170 Å². The average Bonchev–Trinajstić information content (AvgIpc) is 2.62. The second-order valence-corrected chi connectivity index (χ2v) is 6.88. The monoisotopic (exact) mass is 419 g/mol. The third-order valence-electron chi connectivity index (χ3n) is 4.10. The summed E-state index contributed by atoms with van der Waals surface area (Å²) in [6.45, 7) is 3.02. The fraction of sp³-hybridized carbons (Fsp3) is 0.158. The first-order valence-electron chi connectivity index (χ1n) is 8.20. The maximum absolute atomic E-state index is 12.3. The van der Waals surface area contributed by atoms with Gasteiger partial charge >= 0.3 is 0 Å². The van der Waals surface area contributed by atoms with Crippen LogP contribution in [0.15, 0.2) is 36.4 Å². The van der Waals surface area contributed by atoms with Gasteiger partial charge in [-0.05, 0) is 38.1 Å². The Kier molecular flexibility index (Phi) is 5.67. The van der Waals surface area contributed by atoms with Gasteiger partial charge in [-0.15, -0.1) is 0 Å². The van der Waals surface area contributed by atoms with E-state index in [-0.39, 0.29) is 23.1 Å². The number of nitrogens with zero attached hydrogens (tertiary/aromatic N) is 2. The molecular weight excluding hydrogens is 405 g/mol. The Hall–Kier alpha value is -2.90. The number of carbonyl (C=O) groups excluding carboxylic acids is 1. The normalized spacial score (nSPS) is 10.7. The summed E-state index contributed by atoms with van der Waals surface area (Å²) in [4.78, 5) is 27.2. The number of nitro groups is 1. The zero-order valence-corrected chi connectivity index (χ0v) is 16.5. The van der Waals surface area contributed by atoms with Crippen LogP contribution in [0.1, 0.15) is 11.3 Å². The molecule has 9 heteroatoms. The number of aryl methyl sites for hydroxylation is 1.